The van der Waals surface area contributed by atoms with E-state index in [9.17, 15) is 4.79 Å². The van der Waals surface area contributed by atoms with Gasteiger partial charge in [-0.1, -0.05) is 12.8 Å². The molecule has 0 spiro atoms. The van der Waals surface area contributed by atoms with Gasteiger partial charge in [-0.25, -0.2) is 4.79 Å². The van der Waals surface area contributed by atoms with Gasteiger partial charge >= 0.3 is 5.97 Å². The number of carboxylic acids is 1. The highest BCUT2D eigenvalue weighted by molar-refractivity contribution is 7.99. The second-order valence-electron chi connectivity index (χ2n) is 4.21. The van der Waals surface area contributed by atoms with Crippen molar-refractivity contribution in [2.24, 2.45) is 0 Å². The van der Waals surface area contributed by atoms with E-state index in [0.29, 0.717) is 11.3 Å². The van der Waals surface area contributed by atoms with E-state index in [0.717, 1.165) is 16.8 Å². The minimum Gasteiger partial charge on any atom is -0.478 e. The molecule has 0 aromatic carbocycles. The van der Waals surface area contributed by atoms with Crippen LogP contribution in [-0.4, -0.2) is 16.3 Å². The van der Waals surface area contributed by atoms with Gasteiger partial charge in [0, 0.05) is 5.25 Å². The van der Waals surface area contributed by atoms with E-state index in [-0.39, 0.29) is 0 Å². The monoisotopic (exact) mass is 240 g/mol. The summed E-state index contributed by atoms with van der Waals surface area (Å²) in [5.74, 6) is 1.18. The third kappa shape index (κ3) is 2.61. The van der Waals surface area contributed by atoms with Crippen molar-refractivity contribution in [1.29, 1.82) is 0 Å². The molecule has 1 aromatic heterocycles. The molecule has 1 aromatic rings. The van der Waals surface area contributed by atoms with Crippen LogP contribution in [0, 0.1) is 6.92 Å². The fourth-order valence-corrected chi connectivity index (χ4v) is 3.29. The average molecular weight is 240 g/mol. The van der Waals surface area contributed by atoms with E-state index < -0.39 is 5.97 Å². The summed E-state index contributed by atoms with van der Waals surface area (Å²) in [6, 6.07) is 1.65. The zero-order valence-electron chi connectivity index (χ0n) is 9.36. The Morgan fingerprint density at radius 3 is 2.81 bits per heavy atom. The first kappa shape index (κ1) is 11.6. The molecule has 3 nitrogen and oxygen atoms in total. The Balaban J connectivity index is 1.94. The SMILES string of the molecule is Cc1oc(CSC2CCCC2)cc1C(=O)O. The third-order valence-electron chi connectivity index (χ3n) is 2.96. The number of aryl methyl sites for hydroxylation is 1. The number of aromatic carboxylic acids is 1. The summed E-state index contributed by atoms with van der Waals surface area (Å²) in [7, 11) is 0. The van der Waals surface area contributed by atoms with Gasteiger partial charge in [0.1, 0.15) is 17.1 Å². The lowest BCUT2D eigenvalue weighted by molar-refractivity contribution is 0.0695. The quantitative estimate of drug-likeness (QED) is 0.875. The van der Waals surface area contributed by atoms with Gasteiger partial charge in [-0.2, -0.15) is 11.8 Å². The highest BCUT2D eigenvalue weighted by Crippen LogP contribution is 2.32. The van der Waals surface area contributed by atoms with Gasteiger partial charge in [0.05, 0.1) is 5.75 Å². The van der Waals surface area contributed by atoms with Gasteiger partial charge in [-0.3, -0.25) is 0 Å². The summed E-state index contributed by atoms with van der Waals surface area (Å²) >= 11 is 1.88. The summed E-state index contributed by atoms with van der Waals surface area (Å²) in [4.78, 5) is 10.8. The fourth-order valence-electron chi connectivity index (χ4n) is 2.08. The van der Waals surface area contributed by atoms with Crippen molar-refractivity contribution < 1.29 is 14.3 Å². The third-order valence-corrected chi connectivity index (χ3v) is 4.36. The maximum absolute atomic E-state index is 10.8. The van der Waals surface area contributed by atoms with Crippen LogP contribution in [0.4, 0.5) is 0 Å². The minimum atomic E-state index is -0.904. The van der Waals surface area contributed by atoms with Gasteiger partial charge in [0.25, 0.3) is 0 Å². The standard InChI is InChI=1S/C12H16O3S/c1-8-11(12(13)14)6-9(15-8)7-16-10-4-2-3-5-10/h6,10H,2-5,7H2,1H3,(H,13,14). The van der Waals surface area contributed by atoms with Crippen LogP contribution >= 0.6 is 11.8 Å². The number of hydrogen-bond acceptors (Lipinski definition) is 3. The molecule has 0 atom stereocenters. The highest BCUT2D eigenvalue weighted by atomic mass is 32.2. The second-order valence-corrected chi connectivity index (χ2v) is 5.49. The van der Waals surface area contributed by atoms with Crippen molar-refractivity contribution in [3.63, 3.8) is 0 Å². The van der Waals surface area contributed by atoms with Crippen LogP contribution in [0.3, 0.4) is 0 Å². The summed E-state index contributed by atoms with van der Waals surface area (Å²) in [6.07, 6.45) is 5.23. The molecule has 0 radical (unpaired) electrons. The first-order valence-corrected chi connectivity index (χ1v) is 6.66. The van der Waals surface area contributed by atoms with E-state index in [1.807, 2.05) is 11.8 Å². The van der Waals surface area contributed by atoms with Crippen molar-refractivity contribution >= 4 is 17.7 Å². The topological polar surface area (TPSA) is 50.4 Å². The number of carbonyl (C=O) groups is 1. The van der Waals surface area contributed by atoms with Crippen molar-refractivity contribution in [1.82, 2.24) is 0 Å². The van der Waals surface area contributed by atoms with Crippen LogP contribution in [0.2, 0.25) is 0 Å². The molecule has 0 unspecified atom stereocenters. The largest absolute Gasteiger partial charge is 0.478 e. The van der Waals surface area contributed by atoms with Crippen LogP contribution in [0.15, 0.2) is 10.5 Å². The van der Waals surface area contributed by atoms with Crippen LogP contribution in [-0.2, 0) is 5.75 Å². The molecule has 1 N–H and O–H groups in total. The number of rotatable bonds is 4. The maximum Gasteiger partial charge on any atom is 0.339 e. The molecule has 0 saturated heterocycles. The molecule has 0 amide bonds. The molecular formula is C12H16O3S. The normalized spacial score (nSPS) is 16.8. The predicted octanol–water partition coefficient (Wildman–Crippen LogP) is 3.46. The Hall–Kier alpha value is -0.900. The lowest BCUT2D eigenvalue weighted by atomic mass is 10.2. The van der Waals surface area contributed by atoms with Crippen LogP contribution < -0.4 is 0 Å². The highest BCUT2D eigenvalue weighted by Gasteiger charge is 2.18. The van der Waals surface area contributed by atoms with E-state index in [2.05, 4.69) is 0 Å². The Labute approximate surface area is 99.2 Å². The summed E-state index contributed by atoms with van der Waals surface area (Å²) in [5.41, 5.74) is 0.294. The Morgan fingerprint density at radius 1 is 1.56 bits per heavy atom. The smallest absolute Gasteiger partial charge is 0.339 e. The first-order valence-electron chi connectivity index (χ1n) is 5.61. The second kappa shape index (κ2) is 4.95. The van der Waals surface area contributed by atoms with Crippen LogP contribution in [0.25, 0.3) is 0 Å². The molecule has 0 aliphatic heterocycles. The Kier molecular flexibility index (Phi) is 3.59. The average Bonchev–Trinajstić information content (AvgIpc) is 2.83. The maximum atomic E-state index is 10.8. The van der Waals surface area contributed by atoms with Crippen molar-refractivity contribution in [2.45, 2.75) is 43.6 Å². The molecule has 0 bridgehead atoms. The molecule has 1 aliphatic rings. The summed E-state index contributed by atoms with van der Waals surface area (Å²) in [5, 5.41) is 9.63. The molecule has 1 heterocycles. The van der Waals surface area contributed by atoms with Gasteiger partial charge < -0.3 is 9.52 Å². The molecule has 88 valence electrons. The Morgan fingerprint density at radius 2 is 2.25 bits per heavy atom. The summed E-state index contributed by atoms with van der Waals surface area (Å²) < 4.78 is 5.43. The van der Waals surface area contributed by atoms with Gasteiger partial charge in [0.15, 0.2) is 0 Å². The van der Waals surface area contributed by atoms with E-state index in [1.54, 1.807) is 13.0 Å². The Bertz CT molecular complexity index is 378. The molecular weight excluding hydrogens is 224 g/mol. The van der Waals surface area contributed by atoms with E-state index in [4.69, 9.17) is 9.52 Å². The zero-order chi connectivity index (χ0) is 11.5. The lowest BCUT2D eigenvalue weighted by Gasteiger charge is -2.05. The lowest BCUT2D eigenvalue weighted by Crippen LogP contribution is -1.95. The number of thioether (sulfide) groups is 1. The van der Waals surface area contributed by atoms with Crippen molar-refractivity contribution in [2.75, 3.05) is 0 Å². The molecule has 1 saturated carbocycles. The predicted molar refractivity (Wildman–Crippen MR) is 64.0 cm³/mol. The minimum absolute atomic E-state index is 0.294. The van der Waals surface area contributed by atoms with Crippen molar-refractivity contribution in [3.05, 3.63) is 23.2 Å². The van der Waals surface area contributed by atoms with E-state index in [1.165, 1.54) is 25.7 Å². The van der Waals surface area contributed by atoms with Gasteiger partial charge in [0.2, 0.25) is 0 Å². The molecule has 1 aliphatic carbocycles. The molecule has 4 heteroatoms. The van der Waals surface area contributed by atoms with Crippen LogP contribution in [0.5, 0.6) is 0 Å². The van der Waals surface area contributed by atoms with Crippen molar-refractivity contribution in [3.8, 4) is 0 Å². The summed E-state index contributed by atoms with van der Waals surface area (Å²) in [6.45, 7) is 1.70. The molecule has 1 fully saturated rings. The number of furan rings is 1. The van der Waals surface area contributed by atoms with Crippen LogP contribution in [0.1, 0.15) is 47.6 Å². The van der Waals surface area contributed by atoms with E-state index >= 15 is 0 Å². The zero-order valence-corrected chi connectivity index (χ0v) is 10.2. The molecule has 16 heavy (non-hydrogen) atoms. The number of hydrogen-bond donors (Lipinski definition) is 1. The van der Waals surface area contributed by atoms with Gasteiger partial charge in [-0.05, 0) is 25.8 Å². The fraction of sp³-hybridized carbons (Fsp3) is 0.583. The number of carboxylic acid groups (broad SMARTS) is 1. The molecule has 2 rings (SSSR count). The first-order chi connectivity index (χ1) is 7.66. The van der Waals surface area contributed by atoms with Gasteiger partial charge in [-0.15, -0.1) is 0 Å².